The molecule has 1 amide bonds. The molecule has 2 saturated heterocycles. The highest BCUT2D eigenvalue weighted by Gasteiger charge is 2.40. The van der Waals surface area contributed by atoms with Crippen molar-refractivity contribution in [2.24, 2.45) is 0 Å². The molecule has 0 N–H and O–H groups in total. The minimum absolute atomic E-state index is 0.207. The van der Waals surface area contributed by atoms with Gasteiger partial charge in [0.1, 0.15) is 0 Å². The van der Waals surface area contributed by atoms with Crippen LogP contribution in [0, 0.1) is 6.92 Å². The molecule has 0 aliphatic carbocycles. The van der Waals surface area contributed by atoms with E-state index in [0.717, 1.165) is 47.2 Å². The van der Waals surface area contributed by atoms with Gasteiger partial charge < -0.3 is 14.4 Å². The maximum Gasteiger partial charge on any atom is 0.222 e. The normalized spacial score (nSPS) is 17.4. The summed E-state index contributed by atoms with van der Waals surface area (Å²) in [7, 11) is 0. The number of carbonyl (C=O) groups excluding carboxylic acids is 1. The van der Waals surface area contributed by atoms with E-state index in [4.69, 9.17) is 9.47 Å². The van der Waals surface area contributed by atoms with E-state index in [2.05, 4.69) is 58.1 Å². The summed E-state index contributed by atoms with van der Waals surface area (Å²) < 4.78 is 13.6. The van der Waals surface area contributed by atoms with Crippen molar-refractivity contribution in [3.05, 3.63) is 60.2 Å². The molecule has 0 unspecified atom stereocenters. The lowest BCUT2D eigenvalue weighted by atomic mass is 10.0. The van der Waals surface area contributed by atoms with Crippen molar-refractivity contribution in [2.45, 2.75) is 43.6 Å². The van der Waals surface area contributed by atoms with Crippen LogP contribution in [0.1, 0.15) is 31.2 Å². The quantitative estimate of drug-likeness (QED) is 0.368. The second-order valence-corrected chi connectivity index (χ2v) is 9.85. The molecule has 1 spiro atoms. The van der Waals surface area contributed by atoms with Gasteiger partial charge >= 0.3 is 0 Å². The average molecular weight is 479 g/mol. The number of hydrogen-bond acceptors (Lipinski definition) is 6. The van der Waals surface area contributed by atoms with Crippen LogP contribution in [0.3, 0.4) is 0 Å². The zero-order chi connectivity index (χ0) is 23.4. The predicted molar refractivity (Wildman–Crippen MR) is 132 cm³/mol. The van der Waals surface area contributed by atoms with Gasteiger partial charge in [-0.2, -0.15) is 0 Å². The van der Waals surface area contributed by atoms with Gasteiger partial charge in [0.2, 0.25) is 5.91 Å². The number of aromatic nitrogens is 3. The van der Waals surface area contributed by atoms with Crippen LogP contribution in [0.15, 0.2) is 59.8 Å². The van der Waals surface area contributed by atoms with Gasteiger partial charge in [-0.05, 0) is 25.5 Å². The average Bonchev–Trinajstić information content (AvgIpc) is 3.50. The largest absolute Gasteiger partial charge is 0.347 e. The van der Waals surface area contributed by atoms with Crippen LogP contribution < -0.4 is 0 Å². The number of aryl methyl sites for hydroxylation is 1. The highest BCUT2D eigenvalue weighted by atomic mass is 32.2. The van der Waals surface area contributed by atoms with Crippen molar-refractivity contribution in [3.8, 4) is 17.1 Å². The molecule has 0 saturated carbocycles. The van der Waals surface area contributed by atoms with Crippen LogP contribution in [0.25, 0.3) is 17.1 Å². The summed E-state index contributed by atoms with van der Waals surface area (Å²) in [4.78, 5) is 14.7. The van der Waals surface area contributed by atoms with Crippen molar-refractivity contribution in [1.29, 1.82) is 0 Å². The van der Waals surface area contributed by atoms with Crippen LogP contribution >= 0.6 is 11.8 Å². The molecular formula is C26H30N4O3S. The Bertz CT molecular complexity index is 1100. The first-order valence-corrected chi connectivity index (χ1v) is 12.9. The molecule has 2 fully saturated rings. The Morgan fingerprint density at radius 3 is 2.41 bits per heavy atom. The SMILES string of the molecule is Cc1ccc(-c2nnc(SCCCC(=O)N3CCC4(CC3)OCCO4)n2-c2ccccc2)cc1. The molecule has 2 aliphatic rings. The third-order valence-corrected chi connectivity index (χ3v) is 7.43. The molecule has 0 radical (unpaired) electrons. The fourth-order valence-electron chi connectivity index (χ4n) is 4.49. The van der Waals surface area contributed by atoms with E-state index >= 15 is 0 Å². The van der Waals surface area contributed by atoms with Crippen molar-refractivity contribution >= 4 is 17.7 Å². The molecule has 0 atom stereocenters. The van der Waals surface area contributed by atoms with E-state index in [1.807, 2.05) is 23.1 Å². The van der Waals surface area contributed by atoms with Gasteiger partial charge in [0.15, 0.2) is 16.8 Å². The van der Waals surface area contributed by atoms with Crippen molar-refractivity contribution < 1.29 is 14.3 Å². The highest BCUT2D eigenvalue weighted by molar-refractivity contribution is 7.99. The van der Waals surface area contributed by atoms with Crippen LogP contribution in [-0.2, 0) is 14.3 Å². The van der Waals surface area contributed by atoms with Crippen molar-refractivity contribution in [1.82, 2.24) is 19.7 Å². The van der Waals surface area contributed by atoms with E-state index in [0.29, 0.717) is 32.7 Å². The Morgan fingerprint density at radius 1 is 1.00 bits per heavy atom. The van der Waals surface area contributed by atoms with E-state index in [9.17, 15) is 4.79 Å². The van der Waals surface area contributed by atoms with Crippen LogP contribution in [0.2, 0.25) is 0 Å². The molecule has 1 aromatic heterocycles. The summed E-state index contributed by atoms with van der Waals surface area (Å²) >= 11 is 1.64. The lowest BCUT2D eigenvalue weighted by Gasteiger charge is -2.37. The number of piperidine rings is 1. The van der Waals surface area contributed by atoms with Gasteiger partial charge in [0, 0.05) is 49.4 Å². The van der Waals surface area contributed by atoms with Crippen LogP contribution in [0.4, 0.5) is 0 Å². The Kier molecular flexibility index (Phi) is 6.99. The maximum atomic E-state index is 12.7. The Hall–Kier alpha value is -2.68. The van der Waals surface area contributed by atoms with Gasteiger partial charge in [-0.15, -0.1) is 10.2 Å². The summed E-state index contributed by atoms with van der Waals surface area (Å²) in [5, 5.41) is 9.84. The smallest absolute Gasteiger partial charge is 0.222 e. The molecule has 8 heteroatoms. The van der Waals surface area contributed by atoms with E-state index in [1.165, 1.54) is 5.56 Å². The second-order valence-electron chi connectivity index (χ2n) is 8.78. The zero-order valence-electron chi connectivity index (χ0n) is 19.5. The molecule has 0 bridgehead atoms. The summed E-state index contributed by atoms with van der Waals surface area (Å²) in [5.41, 5.74) is 3.27. The number of benzene rings is 2. The van der Waals surface area contributed by atoms with Crippen LogP contribution in [0.5, 0.6) is 0 Å². The van der Waals surface area contributed by atoms with Gasteiger partial charge in [0.25, 0.3) is 0 Å². The van der Waals surface area contributed by atoms with Gasteiger partial charge in [-0.1, -0.05) is 59.8 Å². The predicted octanol–water partition coefficient (Wildman–Crippen LogP) is 4.48. The molecule has 3 heterocycles. The number of para-hydroxylation sites is 1. The van der Waals surface area contributed by atoms with Crippen LogP contribution in [-0.4, -0.2) is 63.4 Å². The lowest BCUT2D eigenvalue weighted by molar-refractivity contribution is -0.187. The Morgan fingerprint density at radius 2 is 1.71 bits per heavy atom. The van der Waals surface area contributed by atoms with E-state index in [-0.39, 0.29) is 5.91 Å². The molecule has 7 nitrogen and oxygen atoms in total. The lowest BCUT2D eigenvalue weighted by Crippen LogP contribution is -2.47. The first-order chi connectivity index (χ1) is 16.6. The molecule has 5 rings (SSSR count). The first kappa shape index (κ1) is 23.1. The minimum Gasteiger partial charge on any atom is -0.347 e. The third-order valence-electron chi connectivity index (χ3n) is 6.42. The number of rotatable bonds is 7. The molecule has 2 aliphatic heterocycles. The second kappa shape index (κ2) is 10.3. The fourth-order valence-corrected chi connectivity index (χ4v) is 5.38. The summed E-state index contributed by atoms with van der Waals surface area (Å²) in [6.07, 6.45) is 2.84. The third kappa shape index (κ3) is 5.04. The highest BCUT2D eigenvalue weighted by Crippen LogP contribution is 2.32. The van der Waals surface area contributed by atoms with Gasteiger partial charge in [-0.3, -0.25) is 9.36 Å². The maximum absolute atomic E-state index is 12.7. The van der Waals surface area contributed by atoms with E-state index < -0.39 is 5.79 Å². The molecule has 2 aromatic carbocycles. The number of carbonyl (C=O) groups is 1. The molecule has 34 heavy (non-hydrogen) atoms. The molecule has 178 valence electrons. The summed E-state index contributed by atoms with van der Waals surface area (Å²) in [5.74, 6) is 1.39. The standard InChI is InChI=1S/C26H30N4O3S/c1-20-9-11-21(12-10-20)24-27-28-25(30(24)22-6-3-2-4-7-22)34-19-5-8-23(31)29-15-13-26(14-16-29)32-17-18-33-26/h2-4,6-7,9-12H,5,8,13-19H2,1H3. The number of ether oxygens (including phenoxy) is 2. The minimum atomic E-state index is -0.441. The number of likely N-dealkylation sites (tertiary alicyclic amines) is 1. The van der Waals surface area contributed by atoms with Crippen molar-refractivity contribution in [3.63, 3.8) is 0 Å². The summed E-state index contributed by atoms with van der Waals surface area (Å²) in [6.45, 7) is 4.80. The Labute approximate surface area is 204 Å². The zero-order valence-corrected chi connectivity index (χ0v) is 20.3. The fraction of sp³-hybridized carbons (Fsp3) is 0.423. The number of hydrogen-bond donors (Lipinski definition) is 0. The van der Waals surface area contributed by atoms with Gasteiger partial charge in [0.05, 0.1) is 13.2 Å². The number of amides is 1. The molecule has 3 aromatic rings. The Balaban J connectivity index is 1.20. The monoisotopic (exact) mass is 478 g/mol. The summed E-state index contributed by atoms with van der Waals surface area (Å²) in [6, 6.07) is 18.5. The van der Waals surface area contributed by atoms with Gasteiger partial charge in [-0.25, -0.2) is 0 Å². The first-order valence-electron chi connectivity index (χ1n) is 11.9. The van der Waals surface area contributed by atoms with E-state index in [1.54, 1.807) is 11.8 Å². The van der Waals surface area contributed by atoms with Crippen molar-refractivity contribution in [2.75, 3.05) is 32.1 Å². The number of thioether (sulfide) groups is 1. The topological polar surface area (TPSA) is 69.5 Å². The molecular weight excluding hydrogens is 448 g/mol. The number of nitrogens with zero attached hydrogens (tertiary/aromatic N) is 4.